The molecule has 2 aromatic carbocycles. The summed E-state index contributed by atoms with van der Waals surface area (Å²) in [6, 6.07) is 10.8. The van der Waals surface area contributed by atoms with Gasteiger partial charge in [-0.1, -0.05) is 42.1 Å². The van der Waals surface area contributed by atoms with Crippen LogP contribution in [0, 0.1) is 12.7 Å². The van der Waals surface area contributed by atoms with Gasteiger partial charge in [0.2, 0.25) is 17.7 Å². The molecule has 1 aliphatic rings. The van der Waals surface area contributed by atoms with Crippen molar-refractivity contribution in [1.29, 1.82) is 0 Å². The fourth-order valence-electron chi connectivity index (χ4n) is 3.71. The van der Waals surface area contributed by atoms with Crippen molar-refractivity contribution in [3.05, 3.63) is 58.9 Å². The van der Waals surface area contributed by atoms with Gasteiger partial charge in [-0.25, -0.2) is 4.39 Å². The number of amides is 3. The zero-order valence-electron chi connectivity index (χ0n) is 18.8. The predicted octanol–water partition coefficient (Wildman–Crippen LogP) is 3.57. The highest BCUT2D eigenvalue weighted by molar-refractivity contribution is 7.86. The van der Waals surface area contributed by atoms with Crippen LogP contribution in [-0.4, -0.2) is 46.0 Å². The van der Waals surface area contributed by atoms with Crippen molar-refractivity contribution in [1.82, 2.24) is 5.32 Å². The number of anilines is 2. The summed E-state index contributed by atoms with van der Waals surface area (Å²) in [6.07, 6.45) is 3.82. The maximum absolute atomic E-state index is 13.6. The largest absolute Gasteiger partial charge is 0.352 e. The van der Waals surface area contributed by atoms with Crippen LogP contribution in [0.2, 0.25) is 5.02 Å². The third kappa shape index (κ3) is 7.63. The minimum atomic E-state index is -1.82. The van der Waals surface area contributed by atoms with Crippen LogP contribution in [0.3, 0.4) is 0 Å². The third-order valence-electron chi connectivity index (χ3n) is 5.45. The van der Waals surface area contributed by atoms with Gasteiger partial charge in [-0.15, -0.1) is 0 Å². The summed E-state index contributed by atoms with van der Waals surface area (Å²) in [5.41, 5.74) is 1.80. The molecule has 10 heteroatoms. The average molecular weight is 508 g/mol. The van der Waals surface area contributed by atoms with Gasteiger partial charge in [-0.2, -0.15) is 0 Å². The molecule has 34 heavy (non-hydrogen) atoms. The molecule has 0 bridgehead atoms. The van der Waals surface area contributed by atoms with E-state index in [0.29, 0.717) is 5.69 Å². The van der Waals surface area contributed by atoms with Gasteiger partial charge in [0.15, 0.2) is 0 Å². The number of benzene rings is 2. The van der Waals surface area contributed by atoms with Crippen molar-refractivity contribution < 1.29 is 23.0 Å². The molecule has 1 atom stereocenters. The third-order valence-corrected chi connectivity index (χ3v) is 6.89. The first kappa shape index (κ1) is 25.8. The Labute approximate surface area is 205 Å². The Bertz CT molecular complexity index is 1070. The molecular formula is C24H27ClFN3O4S. The summed E-state index contributed by atoms with van der Waals surface area (Å²) < 4.78 is 26.2. The lowest BCUT2D eigenvalue weighted by Crippen LogP contribution is -2.45. The van der Waals surface area contributed by atoms with Crippen LogP contribution in [0.4, 0.5) is 15.8 Å². The number of nitrogens with zero attached hydrogens (tertiary/aromatic N) is 1. The molecule has 1 saturated carbocycles. The summed E-state index contributed by atoms with van der Waals surface area (Å²) in [6.45, 7) is 1.59. The first-order valence-corrected chi connectivity index (χ1v) is 12.8. The minimum absolute atomic E-state index is 0.0564. The average Bonchev–Trinajstić information content (AvgIpc) is 3.28. The zero-order valence-corrected chi connectivity index (χ0v) is 20.4. The number of carbonyl (C=O) groups is 3. The maximum atomic E-state index is 13.6. The van der Waals surface area contributed by atoms with Crippen LogP contribution < -0.4 is 15.5 Å². The van der Waals surface area contributed by atoms with Gasteiger partial charge in [0.1, 0.15) is 23.9 Å². The van der Waals surface area contributed by atoms with Crippen LogP contribution in [0.1, 0.15) is 31.2 Å². The van der Waals surface area contributed by atoms with E-state index in [1.807, 2.05) is 19.1 Å². The molecule has 0 aromatic heterocycles. The van der Waals surface area contributed by atoms with Gasteiger partial charge in [-0.3, -0.25) is 18.6 Å². The molecule has 0 unspecified atom stereocenters. The lowest BCUT2D eigenvalue weighted by molar-refractivity contribution is -0.123. The van der Waals surface area contributed by atoms with Gasteiger partial charge >= 0.3 is 0 Å². The molecule has 0 radical (unpaired) electrons. The van der Waals surface area contributed by atoms with E-state index < -0.39 is 34.2 Å². The lowest BCUT2D eigenvalue weighted by Gasteiger charge is -2.23. The molecule has 2 aromatic rings. The highest BCUT2D eigenvalue weighted by Crippen LogP contribution is 2.23. The van der Waals surface area contributed by atoms with E-state index in [4.69, 9.17) is 11.6 Å². The number of hydrogen-bond donors (Lipinski definition) is 2. The summed E-state index contributed by atoms with van der Waals surface area (Å²) >= 11 is 5.87. The van der Waals surface area contributed by atoms with E-state index in [1.54, 1.807) is 12.1 Å². The van der Waals surface area contributed by atoms with Crippen molar-refractivity contribution >= 4 is 51.5 Å². The molecule has 2 N–H and O–H groups in total. The summed E-state index contributed by atoms with van der Waals surface area (Å²) in [4.78, 5) is 38.9. The van der Waals surface area contributed by atoms with E-state index in [1.165, 1.54) is 12.1 Å². The lowest BCUT2D eigenvalue weighted by atomic mass is 10.2. The van der Waals surface area contributed by atoms with Crippen molar-refractivity contribution in [3.63, 3.8) is 0 Å². The van der Waals surface area contributed by atoms with Crippen LogP contribution in [0.5, 0.6) is 0 Å². The Morgan fingerprint density at radius 2 is 1.74 bits per heavy atom. The molecular weight excluding hydrogens is 481 g/mol. The van der Waals surface area contributed by atoms with E-state index in [-0.39, 0.29) is 35.0 Å². The molecule has 1 aliphatic carbocycles. The molecule has 0 heterocycles. The van der Waals surface area contributed by atoms with Crippen molar-refractivity contribution in [2.45, 2.75) is 38.6 Å². The first-order chi connectivity index (χ1) is 16.2. The van der Waals surface area contributed by atoms with Crippen molar-refractivity contribution in [2.24, 2.45) is 0 Å². The molecule has 182 valence electrons. The molecule has 0 spiro atoms. The Morgan fingerprint density at radius 1 is 1.06 bits per heavy atom. The quantitative estimate of drug-likeness (QED) is 0.542. The van der Waals surface area contributed by atoms with E-state index >= 15 is 0 Å². The maximum Gasteiger partial charge on any atom is 0.240 e. The topological polar surface area (TPSA) is 95.6 Å². The van der Waals surface area contributed by atoms with Gasteiger partial charge in [0.05, 0.1) is 5.02 Å². The predicted molar refractivity (Wildman–Crippen MR) is 132 cm³/mol. The van der Waals surface area contributed by atoms with Crippen LogP contribution >= 0.6 is 11.6 Å². The second-order valence-electron chi connectivity index (χ2n) is 8.27. The highest BCUT2D eigenvalue weighted by Gasteiger charge is 2.25. The molecule has 0 saturated heterocycles. The fraction of sp³-hybridized carbons (Fsp3) is 0.375. The number of carbonyl (C=O) groups excluding carboxylic acids is 3. The van der Waals surface area contributed by atoms with Gasteiger partial charge < -0.3 is 15.5 Å². The van der Waals surface area contributed by atoms with E-state index in [9.17, 15) is 23.0 Å². The number of hydrogen-bond acceptors (Lipinski definition) is 4. The van der Waals surface area contributed by atoms with E-state index in [0.717, 1.165) is 42.2 Å². The molecule has 1 fully saturated rings. The minimum Gasteiger partial charge on any atom is -0.352 e. The van der Waals surface area contributed by atoms with Gasteiger partial charge in [0, 0.05) is 28.2 Å². The second-order valence-corrected chi connectivity index (χ2v) is 10.1. The summed E-state index contributed by atoms with van der Waals surface area (Å²) in [5.74, 6) is -3.02. The monoisotopic (exact) mass is 507 g/mol. The SMILES string of the molecule is Cc1ccc(NC(=O)C[S@@](=O)CC(=O)N(CC(=O)NC2CCCC2)c2ccc(F)c(Cl)c2)cc1. The van der Waals surface area contributed by atoms with Crippen LogP contribution in [0.15, 0.2) is 42.5 Å². The van der Waals surface area contributed by atoms with Crippen LogP contribution in [0.25, 0.3) is 0 Å². The van der Waals surface area contributed by atoms with E-state index in [2.05, 4.69) is 10.6 Å². The Morgan fingerprint density at radius 3 is 2.38 bits per heavy atom. The molecule has 7 nitrogen and oxygen atoms in total. The van der Waals surface area contributed by atoms with Crippen LogP contribution in [-0.2, 0) is 25.2 Å². The van der Waals surface area contributed by atoms with Crippen molar-refractivity contribution in [2.75, 3.05) is 28.3 Å². The second kappa shape index (κ2) is 12.1. The highest BCUT2D eigenvalue weighted by atomic mass is 35.5. The molecule has 3 amide bonds. The summed E-state index contributed by atoms with van der Waals surface area (Å²) in [7, 11) is -1.82. The normalized spacial score (nSPS) is 14.4. The standard InChI is InChI=1S/C24H27ClFN3O4S/c1-16-6-8-18(9-7-16)28-23(31)14-34(33)15-24(32)29(19-10-11-21(26)20(25)12-19)13-22(30)27-17-4-2-3-5-17/h6-12,17H,2-5,13-15H2,1H3,(H,27,30)(H,28,31)/t34-/m1/s1. The zero-order chi connectivity index (χ0) is 24.7. The Balaban J connectivity index is 1.64. The number of aryl methyl sites for hydroxylation is 1. The van der Waals surface area contributed by atoms with Gasteiger partial charge in [-0.05, 0) is 50.1 Å². The van der Waals surface area contributed by atoms with Crippen molar-refractivity contribution in [3.8, 4) is 0 Å². The smallest absolute Gasteiger partial charge is 0.240 e. The Hall–Kier alpha value is -2.78. The molecule has 0 aliphatic heterocycles. The number of nitrogens with one attached hydrogen (secondary N) is 2. The number of halogens is 2. The van der Waals surface area contributed by atoms with Gasteiger partial charge in [0.25, 0.3) is 0 Å². The fourth-order valence-corrected chi connectivity index (χ4v) is 4.78. The Kier molecular flexibility index (Phi) is 9.18. The summed E-state index contributed by atoms with van der Waals surface area (Å²) in [5, 5.41) is 5.33. The first-order valence-electron chi connectivity index (χ1n) is 11.0. The molecule has 3 rings (SSSR count). The number of rotatable bonds is 9.